The highest BCUT2D eigenvalue weighted by molar-refractivity contribution is 5.77. The molecule has 0 bridgehead atoms. The molecule has 2 rings (SSSR count). The molecular formula is C13H24N2O2. The van der Waals surface area contributed by atoms with E-state index in [4.69, 9.17) is 0 Å². The summed E-state index contributed by atoms with van der Waals surface area (Å²) in [6.07, 6.45) is 4.47. The Balaban J connectivity index is 1.87. The number of amides is 2. The van der Waals surface area contributed by atoms with E-state index >= 15 is 0 Å². The molecule has 17 heavy (non-hydrogen) atoms. The zero-order chi connectivity index (χ0) is 12.4. The number of aliphatic hydroxyl groups excluding tert-OH is 1. The number of nitrogens with zero attached hydrogens (tertiary/aromatic N) is 1. The zero-order valence-corrected chi connectivity index (χ0v) is 10.9. The quantitative estimate of drug-likeness (QED) is 0.789. The van der Waals surface area contributed by atoms with Crippen LogP contribution in [0.2, 0.25) is 0 Å². The van der Waals surface area contributed by atoms with Gasteiger partial charge in [-0.2, -0.15) is 0 Å². The molecule has 4 heteroatoms. The number of carbonyl (C=O) groups excluding carboxylic acids is 1. The third-order valence-electron chi connectivity index (χ3n) is 3.87. The molecule has 2 fully saturated rings. The summed E-state index contributed by atoms with van der Waals surface area (Å²) in [7, 11) is 0. The number of aliphatic hydroxyl groups is 1. The van der Waals surface area contributed by atoms with Crippen molar-refractivity contribution < 1.29 is 9.90 Å². The first kappa shape index (κ1) is 12.7. The molecular weight excluding hydrogens is 216 g/mol. The third kappa shape index (κ3) is 3.12. The lowest BCUT2D eigenvalue weighted by atomic mass is 9.92. The standard InChI is InChI=1S/C13H24N2O2/c1-9(2)7-10-8-15(13(17)14-10)11-3-5-12(16)6-4-11/h9-12,16H,3-8H2,1-2H3,(H,14,17). The van der Waals surface area contributed by atoms with Crippen LogP contribution in [-0.4, -0.2) is 40.8 Å². The van der Waals surface area contributed by atoms with Crippen molar-refractivity contribution in [3.05, 3.63) is 0 Å². The maximum Gasteiger partial charge on any atom is 0.317 e. The fourth-order valence-corrected chi connectivity index (χ4v) is 3.01. The van der Waals surface area contributed by atoms with Gasteiger partial charge in [0.1, 0.15) is 0 Å². The predicted octanol–water partition coefficient (Wildman–Crippen LogP) is 1.73. The Morgan fingerprint density at radius 1 is 1.35 bits per heavy atom. The predicted molar refractivity (Wildman–Crippen MR) is 66.7 cm³/mol. The fraction of sp³-hybridized carbons (Fsp3) is 0.923. The molecule has 1 aliphatic heterocycles. The van der Waals surface area contributed by atoms with E-state index in [1.807, 2.05) is 4.90 Å². The zero-order valence-electron chi connectivity index (χ0n) is 10.9. The van der Waals surface area contributed by atoms with E-state index in [0.29, 0.717) is 18.0 Å². The Morgan fingerprint density at radius 3 is 2.59 bits per heavy atom. The molecule has 98 valence electrons. The number of urea groups is 1. The average Bonchev–Trinajstić information content (AvgIpc) is 2.59. The minimum Gasteiger partial charge on any atom is -0.393 e. The van der Waals surface area contributed by atoms with Gasteiger partial charge in [-0.1, -0.05) is 13.8 Å². The van der Waals surface area contributed by atoms with Gasteiger partial charge in [0.2, 0.25) is 0 Å². The van der Waals surface area contributed by atoms with E-state index in [0.717, 1.165) is 38.6 Å². The second kappa shape index (κ2) is 5.25. The van der Waals surface area contributed by atoms with Crippen molar-refractivity contribution in [3.8, 4) is 0 Å². The van der Waals surface area contributed by atoms with Crippen LogP contribution in [0.3, 0.4) is 0 Å². The summed E-state index contributed by atoms with van der Waals surface area (Å²) in [5.74, 6) is 0.619. The van der Waals surface area contributed by atoms with Gasteiger partial charge in [0.25, 0.3) is 0 Å². The van der Waals surface area contributed by atoms with Gasteiger partial charge in [-0.3, -0.25) is 0 Å². The van der Waals surface area contributed by atoms with Crippen molar-refractivity contribution in [2.45, 2.75) is 64.1 Å². The Bertz CT molecular complexity index is 273. The van der Waals surface area contributed by atoms with Crippen molar-refractivity contribution in [3.63, 3.8) is 0 Å². The molecule has 1 unspecified atom stereocenters. The topological polar surface area (TPSA) is 52.6 Å². The number of carbonyl (C=O) groups is 1. The summed E-state index contributed by atoms with van der Waals surface area (Å²) in [6.45, 7) is 5.22. The maximum atomic E-state index is 11.9. The molecule has 1 saturated heterocycles. The molecule has 2 amide bonds. The molecule has 4 nitrogen and oxygen atoms in total. The lowest BCUT2D eigenvalue weighted by Gasteiger charge is -2.32. The van der Waals surface area contributed by atoms with E-state index in [1.165, 1.54) is 0 Å². The molecule has 1 aliphatic carbocycles. The molecule has 0 aromatic heterocycles. The van der Waals surface area contributed by atoms with Gasteiger partial charge in [-0.05, 0) is 38.0 Å². The average molecular weight is 240 g/mol. The Kier molecular flexibility index (Phi) is 3.92. The second-order valence-electron chi connectivity index (χ2n) is 5.89. The third-order valence-corrected chi connectivity index (χ3v) is 3.87. The highest BCUT2D eigenvalue weighted by atomic mass is 16.3. The molecule has 0 aromatic rings. The highest BCUT2D eigenvalue weighted by Gasteiger charge is 2.35. The monoisotopic (exact) mass is 240 g/mol. The minimum atomic E-state index is -0.150. The van der Waals surface area contributed by atoms with E-state index in [1.54, 1.807) is 0 Å². The van der Waals surface area contributed by atoms with Crippen molar-refractivity contribution in [1.82, 2.24) is 10.2 Å². The number of nitrogens with one attached hydrogen (secondary N) is 1. The summed E-state index contributed by atoms with van der Waals surface area (Å²) < 4.78 is 0. The van der Waals surface area contributed by atoms with Crippen LogP contribution in [-0.2, 0) is 0 Å². The van der Waals surface area contributed by atoms with Gasteiger partial charge in [0, 0.05) is 18.6 Å². The van der Waals surface area contributed by atoms with Gasteiger partial charge >= 0.3 is 6.03 Å². The van der Waals surface area contributed by atoms with Crippen LogP contribution in [0.4, 0.5) is 4.79 Å². The molecule has 0 aromatic carbocycles. The summed E-state index contributed by atoms with van der Waals surface area (Å²) in [4.78, 5) is 13.9. The van der Waals surface area contributed by atoms with Crippen LogP contribution in [0.1, 0.15) is 46.0 Å². The summed E-state index contributed by atoms with van der Waals surface area (Å²) in [5.41, 5.74) is 0. The van der Waals surface area contributed by atoms with Gasteiger partial charge < -0.3 is 15.3 Å². The highest BCUT2D eigenvalue weighted by Crippen LogP contribution is 2.26. The molecule has 0 spiro atoms. The molecule has 2 aliphatic rings. The van der Waals surface area contributed by atoms with Gasteiger partial charge in [0.05, 0.1) is 6.10 Å². The van der Waals surface area contributed by atoms with Crippen LogP contribution in [0.15, 0.2) is 0 Å². The molecule has 2 N–H and O–H groups in total. The van der Waals surface area contributed by atoms with Crippen LogP contribution in [0.25, 0.3) is 0 Å². The lowest BCUT2D eigenvalue weighted by molar-refractivity contribution is 0.0905. The smallest absolute Gasteiger partial charge is 0.317 e. The van der Waals surface area contributed by atoms with Crippen molar-refractivity contribution >= 4 is 6.03 Å². The molecule has 1 heterocycles. The number of hydrogen-bond donors (Lipinski definition) is 2. The summed E-state index contributed by atoms with van der Waals surface area (Å²) in [6, 6.07) is 0.752. The maximum absolute atomic E-state index is 11.9. The minimum absolute atomic E-state index is 0.0945. The lowest BCUT2D eigenvalue weighted by Crippen LogP contribution is -2.41. The van der Waals surface area contributed by atoms with E-state index < -0.39 is 0 Å². The van der Waals surface area contributed by atoms with Crippen LogP contribution >= 0.6 is 0 Å². The first-order valence-electron chi connectivity index (χ1n) is 6.81. The van der Waals surface area contributed by atoms with Crippen molar-refractivity contribution in [2.75, 3.05) is 6.54 Å². The van der Waals surface area contributed by atoms with Crippen LogP contribution in [0.5, 0.6) is 0 Å². The van der Waals surface area contributed by atoms with E-state index in [2.05, 4.69) is 19.2 Å². The largest absolute Gasteiger partial charge is 0.393 e. The van der Waals surface area contributed by atoms with Gasteiger partial charge in [-0.25, -0.2) is 4.79 Å². The van der Waals surface area contributed by atoms with Crippen LogP contribution < -0.4 is 5.32 Å². The molecule has 0 radical (unpaired) electrons. The van der Waals surface area contributed by atoms with Gasteiger partial charge in [-0.15, -0.1) is 0 Å². The first-order valence-corrected chi connectivity index (χ1v) is 6.81. The number of hydrogen-bond acceptors (Lipinski definition) is 2. The van der Waals surface area contributed by atoms with E-state index in [9.17, 15) is 9.90 Å². The van der Waals surface area contributed by atoms with E-state index in [-0.39, 0.29) is 12.1 Å². The van der Waals surface area contributed by atoms with Crippen molar-refractivity contribution in [1.29, 1.82) is 0 Å². The SMILES string of the molecule is CC(C)CC1CN(C2CCC(O)CC2)C(=O)N1. The Hall–Kier alpha value is -0.770. The molecule has 1 atom stereocenters. The fourth-order valence-electron chi connectivity index (χ4n) is 3.01. The Labute approximate surface area is 103 Å². The normalized spacial score (nSPS) is 34.2. The number of rotatable bonds is 3. The van der Waals surface area contributed by atoms with Gasteiger partial charge in [0.15, 0.2) is 0 Å². The second-order valence-corrected chi connectivity index (χ2v) is 5.89. The molecule has 1 saturated carbocycles. The van der Waals surface area contributed by atoms with Crippen LogP contribution in [0, 0.1) is 5.92 Å². The summed E-state index contributed by atoms with van der Waals surface area (Å²) >= 11 is 0. The van der Waals surface area contributed by atoms with Crippen molar-refractivity contribution in [2.24, 2.45) is 5.92 Å². The first-order chi connectivity index (χ1) is 8.06. The Morgan fingerprint density at radius 2 is 2.00 bits per heavy atom. The summed E-state index contributed by atoms with van der Waals surface area (Å²) in [5, 5.41) is 12.6.